The number of hydrogen-bond acceptors (Lipinski definition) is 6. The van der Waals surface area contributed by atoms with Crippen LogP contribution in [0.3, 0.4) is 0 Å². The van der Waals surface area contributed by atoms with E-state index >= 15 is 0 Å². The fourth-order valence-electron chi connectivity index (χ4n) is 2.76. The highest BCUT2D eigenvalue weighted by Gasteiger charge is 2.25. The van der Waals surface area contributed by atoms with Crippen LogP contribution in [0.2, 0.25) is 5.02 Å². The van der Waals surface area contributed by atoms with Crippen molar-refractivity contribution in [3.63, 3.8) is 0 Å². The fourth-order valence-corrected chi connectivity index (χ4v) is 3.02. The summed E-state index contributed by atoms with van der Waals surface area (Å²) in [5.74, 6) is 1.75. The number of halogens is 1. The Balaban J connectivity index is 1.80. The highest BCUT2D eigenvalue weighted by Crippen LogP contribution is 2.27. The van der Waals surface area contributed by atoms with E-state index in [1.807, 2.05) is 38.1 Å². The molecule has 1 N–H and O–H groups in total. The third-order valence-corrected chi connectivity index (χ3v) is 4.72. The molecule has 1 heterocycles. The van der Waals surface area contributed by atoms with Crippen LogP contribution in [0.15, 0.2) is 47.0 Å². The zero-order valence-electron chi connectivity index (χ0n) is 16.6. The Hall–Kier alpha value is -3.06. The summed E-state index contributed by atoms with van der Waals surface area (Å²) >= 11 is 6.13. The maximum absolute atomic E-state index is 12.7. The number of nitrogens with zero attached hydrogens (tertiary/aromatic N) is 2. The van der Waals surface area contributed by atoms with Gasteiger partial charge >= 0.3 is 0 Å². The Kier molecular flexibility index (Phi) is 6.39. The molecule has 152 valence electrons. The lowest BCUT2D eigenvalue weighted by Crippen LogP contribution is -2.32. The van der Waals surface area contributed by atoms with E-state index < -0.39 is 6.04 Å². The van der Waals surface area contributed by atoms with Gasteiger partial charge < -0.3 is 19.3 Å². The summed E-state index contributed by atoms with van der Waals surface area (Å²) in [4.78, 5) is 17.2. The molecule has 29 heavy (non-hydrogen) atoms. The molecule has 0 fully saturated rings. The first-order chi connectivity index (χ1) is 13.9. The third kappa shape index (κ3) is 4.68. The summed E-state index contributed by atoms with van der Waals surface area (Å²) in [6.45, 7) is 3.92. The Morgan fingerprint density at radius 3 is 2.41 bits per heavy atom. The minimum Gasteiger partial charge on any atom is -0.497 e. The number of benzene rings is 2. The molecule has 0 aliphatic heterocycles. The molecule has 0 aliphatic rings. The molecule has 1 atom stereocenters. The van der Waals surface area contributed by atoms with Crippen molar-refractivity contribution in [3.8, 4) is 22.9 Å². The van der Waals surface area contributed by atoms with E-state index in [-0.39, 0.29) is 11.8 Å². The van der Waals surface area contributed by atoms with E-state index in [9.17, 15) is 4.79 Å². The van der Waals surface area contributed by atoms with Gasteiger partial charge in [-0.05, 0) is 48.4 Å². The predicted molar refractivity (Wildman–Crippen MR) is 109 cm³/mol. The van der Waals surface area contributed by atoms with Crippen LogP contribution in [-0.4, -0.2) is 30.3 Å². The van der Waals surface area contributed by atoms with Crippen molar-refractivity contribution >= 4 is 17.5 Å². The van der Waals surface area contributed by atoms with Crippen LogP contribution in [-0.2, 0) is 0 Å². The first-order valence-electron chi connectivity index (χ1n) is 9.05. The predicted octanol–water partition coefficient (Wildman–Crippen LogP) is 4.53. The Morgan fingerprint density at radius 1 is 1.10 bits per heavy atom. The van der Waals surface area contributed by atoms with E-state index in [0.29, 0.717) is 28.1 Å². The lowest BCUT2D eigenvalue weighted by Gasteiger charge is -2.18. The molecule has 7 nitrogen and oxygen atoms in total. The Bertz CT molecular complexity index is 986. The maximum Gasteiger partial charge on any atom is 0.251 e. The molecule has 0 saturated carbocycles. The van der Waals surface area contributed by atoms with Gasteiger partial charge in [0.25, 0.3) is 5.91 Å². The Morgan fingerprint density at radius 2 is 1.83 bits per heavy atom. The van der Waals surface area contributed by atoms with Crippen LogP contribution >= 0.6 is 11.6 Å². The summed E-state index contributed by atoms with van der Waals surface area (Å²) < 4.78 is 15.7. The van der Waals surface area contributed by atoms with Crippen LogP contribution in [0, 0.1) is 5.92 Å². The second-order valence-electron chi connectivity index (χ2n) is 6.73. The van der Waals surface area contributed by atoms with Gasteiger partial charge in [-0.15, -0.1) is 0 Å². The van der Waals surface area contributed by atoms with Crippen molar-refractivity contribution in [1.82, 2.24) is 15.5 Å². The van der Waals surface area contributed by atoms with Crippen LogP contribution in [0.5, 0.6) is 11.5 Å². The van der Waals surface area contributed by atoms with Crippen LogP contribution in [0.1, 0.15) is 36.1 Å². The highest BCUT2D eigenvalue weighted by molar-refractivity contribution is 6.32. The van der Waals surface area contributed by atoms with Gasteiger partial charge in [-0.1, -0.05) is 30.6 Å². The summed E-state index contributed by atoms with van der Waals surface area (Å²) in [5, 5.41) is 7.35. The average Bonchev–Trinajstić information content (AvgIpc) is 3.21. The van der Waals surface area contributed by atoms with Gasteiger partial charge in [0, 0.05) is 11.1 Å². The fraction of sp³-hybridized carbons (Fsp3) is 0.286. The molecular formula is C21H22ClN3O4. The number of aromatic nitrogens is 2. The molecule has 1 amide bonds. The number of ether oxygens (including phenoxy) is 2. The number of nitrogens with one attached hydrogen (secondary N) is 1. The molecule has 0 unspecified atom stereocenters. The van der Waals surface area contributed by atoms with Crippen molar-refractivity contribution in [2.24, 2.45) is 5.92 Å². The lowest BCUT2D eigenvalue weighted by atomic mass is 10.0. The molecule has 8 heteroatoms. The minimum atomic E-state index is -0.456. The highest BCUT2D eigenvalue weighted by atomic mass is 35.5. The van der Waals surface area contributed by atoms with Crippen LogP contribution in [0.25, 0.3) is 11.4 Å². The average molecular weight is 416 g/mol. The number of methoxy groups -OCH3 is 2. The molecule has 0 spiro atoms. The number of rotatable bonds is 7. The summed E-state index contributed by atoms with van der Waals surface area (Å²) in [5.41, 5.74) is 1.20. The zero-order valence-corrected chi connectivity index (χ0v) is 17.4. The van der Waals surface area contributed by atoms with Crippen LogP contribution in [0.4, 0.5) is 0 Å². The summed E-state index contributed by atoms with van der Waals surface area (Å²) in [7, 11) is 3.12. The number of carbonyl (C=O) groups is 1. The van der Waals surface area contributed by atoms with Gasteiger partial charge in [0.2, 0.25) is 11.7 Å². The molecule has 0 saturated heterocycles. The van der Waals surface area contributed by atoms with Gasteiger partial charge in [0.15, 0.2) is 0 Å². The van der Waals surface area contributed by atoms with E-state index in [4.69, 9.17) is 25.6 Å². The molecule has 2 aromatic carbocycles. The largest absolute Gasteiger partial charge is 0.497 e. The smallest absolute Gasteiger partial charge is 0.251 e. The van der Waals surface area contributed by atoms with E-state index in [1.165, 1.54) is 7.11 Å². The zero-order chi connectivity index (χ0) is 21.0. The summed E-state index contributed by atoms with van der Waals surface area (Å²) in [6.07, 6.45) is 0. The molecular weight excluding hydrogens is 394 g/mol. The van der Waals surface area contributed by atoms with Crippen molar-refractivity contribution in [2.45, 2.75) is 19.9 Å². The quantitative estimate of drug-likeness (QED) is 0.609. The topological polar surface area (TPSA) is 86.5 Å². The van der Waals surface area contributed by atoms with E-state index in [2.05, 4.69) is 15.5 Å². The number of hydrogen-bond donors (Lipinski definition) is 1. The lowest BCUT2D eigenvalue weighted by molar-refractivity contribution is 0.0914. The molecule has 0 radical (unpaired) electrons. The Labute approximate surface area is 174 Å². The standard InChI is InChI=1S/C21H22ClN3O4/c1-12(2)18(23-20(26)14-7-10-17(28-4)16(22)11-14)21-24-19(25-29-21)13-5-8-15(27-3)9-6-13/h5-12,18H,1-4H3,(H,23,26)/t18-/m0/s1. The first-order valence-corrected chi connectivity index (χ1v) is 9.43. The normalized spacial score (nSPS) is 11.9. The van der Waals surface area contributed by atoms with Crippen molar-refractivity contribution in [2.75, 3.05) is 14.2 Å². The van der Waals surface area contributed by atoms with Gasteiger partial charge in [-0.3, -0.25) is 4.79 Å². The van der Waals surface area contributed by atoms with Crippen molar-refractivity contribution in [1.29, 1.82) is 0 Å². The van der Waals surface area contributed by atoms with Gasteiger partial charge in [-0.2, -0.15) is 4.98 Å². The van der Waals surface area contributed by atoms with Crippen molar-refractivity contribution < 1.29 is 18.8 Å². The van der Waals surface area contributed by atoms with E-state index in [1.54, 1.807) is 25.3 Å². The number of carbonyl (C=O) groups excluding carboxylic acids is 1. The summed E-state index contributed by atoms with van der Waals surface area (Å²) in [6, 6.07) is 11.7. The first kappa shape index (κ1) is 20.7. The second-order valence-corrected chi connectivity index (χ2v) is 7.14. The van der Waals surface area contributed by atoms with Crippen LogP contribution < -0.4 is 14.8 Å². The second kappa shape index (κ2) is 8.96. The SMILES string of the molecule is COc1ccc(-c2noc([C@@H](NC(=O)c3ccc(OC)c(Cl)c3)C(C)C)n2)cc1. The molecule has 0 bridgehead atoms. The van der Waals surface area contributed by atoms with Gasteiger partial charge in [0.1, 0.15) is 17.5 Å². The molecule has 3 aromatic rings. The van der Waals surface area contributed by atoms with Gasteiger partial charge in [-0.25, -0.2) is 0 Å². The molecule has 0 aliphatic carbocycles. The molecule has 1 aromatic heterocycles. The third-order valence-electron chi connectivity index (χ3n) is 4.42. The maximum atomic E-state index is 12.7. The van der Waals surface area contributed by atoms with Crippen molar-refractivity contribution in [3.05, 3.63) is 58.9 Å². The van der Waals surface area contributed by atoms with E-state index in [0.717, 1.165) is 11.3 Å². The van der Waals surface area contributed by atoms with Gasteiger partial charge in [0.05, 0.1) is 19.2 Å². The monoisotopic (exact) mass is 415 g/mol. The number of amides is 1. The molecule has 3 rings (SSSR count). The minimum absolute atomic E-state index is 0.0248.